The normalized spacial score (nSPS) is 20.1. The Hall–Kier alpha value is 0.600. The fourth-order valence-corrected chi connectivity index (χ4v) is 2.21. The highest BCUT2D eigenvalue weighted by atomic mass is 127. The van der Waals surface area contributed by atoms with Gasteiger partial charge in [-0.15, -0.1) is 24.0 Å². The van der Waals surface area contributed by atoms with Crippen LogP contribution in [0.1, 0.15) is 6.92 Å². The summed E-state index contributed by atoms with van der Waals surface area (Å²) in [7, 11) is -2.93. The van der Waals surface area contributed by atoms with Crippen molar-refractivity contribution in [2.75, 3.05) is 31.9 Å². The summed E-state index contributed by atoms with van der Waals surface area (Å²) < 4.78 is 24.1. The van der Waals surface area contributed by atoms with Crippen LogP contribution in [0.15, 0.2) is 0 Å². The molecule has 1 aliphatic heterocycles. The molecule has 0 radical (unpaired) electrons. The second-order valence-corrected chi connectivity index (χ2v) is 4.81. The molecule has 1 saturated heterocycles. The van der Waals surface area contributed by atoms with Crippen LogP contribution in [-0.4, -0.2) is 44.7 Å². The minimum absolute atomic E-state index is 0. The van der Waals surface area contributed by atoms with Crippen LogP contribution < -0.4 is 5.32 Å². The van der Waals surface area contributed by atoms with Gasteiger partial charge in [0.25, 0.3) is 0 Å². The van der Waals surface area contributed by atoms with Crippen molar-refractivity contribution in [3.05, 3.63) is 0 Å². The van der Waals surface area contributed by atoms with Gasteiger partial charge in [-0.2, -0.15) is 4.31 Å². The van der Waals surface area contributed by atoms with E-state index in [4.69, 9.17) is 0 Å². The van der Waals surface area contributed by atoms with E-state index in [0.717, 1.165) is 13.1 Å². The second kappa shape index (κ2) is 5.36. The van der Waals surface area contributed by atoms with E-state index >= 15 is 0 Å². The number of halogens is 1. The first-order valence-corrected chi connectivity index (χ1v) is 5.46. The molecule has 0 aromatic carbocycles. The van der Waals surface area contributed by atoms with Crippen molar-refractivity contribution >= 4 is 34.0 Å². The summed E-state index contributed by atoms with van der Waals surface area (Å²) in [5.41, 5.74) is 0. The van der Waals surface area contributed by atoms with Gasteiger partial charge < -0.3 is 5.32 Å². The monoisotopic (exact) mass is 306 g/mol. The van der Waals surface area contributed by atoms with Gasteiger partial charge in [0.15, 0.2) is 0 Å². The third-order valence-electron chi connectivity index (χ3n) is 1.83. The Morgan fingerprint density at radius 1 is 1.33 bits per heavy atom. The maximum Gasteiger partial charge on any atom is 0.213 e. The molecule has 0 aliphatic carbocycles. The van der Waals surface area contributed by atoms with Gasteiger partial charge in [-0.3, -0.25) is 0 Å². The van der Waals surface area contributed by atoms with Gasteiger partial charge in [-0.05, 0) is 6.92 Å². The average Bonchev–Trinajstić information content (AvgIpc) is 2.06. The molecule has 1 rings (SSSR count). The number of hydrogen-bond acceptors (Lipinski definition) is 3. The van der Waals surface area contributed by atoms with E-state index in [2.05, 4.69) is 5.32 Å². The molecule has 0 bridgehead atoms. The topological polar surface area (TPSA) is 49.4 Å². The maximum atomic E-state index is 11.3. The molecule has 0 atom stereocenters. The van der Waals surface area contributed by atoms with Crippen molar-refractivity contribution < 1.29 is 8.42 Å². The molecule has 74 valence electrons. The maximum absolute atomic E-state index is 11.3. The summed E-state index contributed by atoms with van der Waals surface area (Å²) in [5.74, 6) is 0.215. The lowest BCUT2D eigenvalue weighted by atomic mass is 10.4. The smallest absolute Gasteiger partial charge is 0.213 e. The minimum atomic E-state index is -2.93. The number of hydrogen-bond donors (Lipinski definition) is 1. The zero-order valence-corrected chi connectivity index (χ0v) is 10.3. The SMILES string of the molecule is CCS(=O)(=O)N1CCNCC1.I. The van der Waals surface area contributed by atoms with Gasteiger partial charge in [-0.1, -0.05) is 0 Å². The number of sulfonamides is 1. The van der Waals surface area contributed by atoms with Crippen LogP contribution in [0.3, 0.4) is 0 Å². The van der Waals surface area contributed by atoms with Crippen LogP contribution in [-0.2, 0) is 10.0 Å². The van der Waals surface area contributed by atoms with E-state index in [1.807, 2.05) is 0 Å². The van der Waals surface area contributed by atoms with E-state index in [0.29, 0.717) is 13.1 Å². The molecule has 0 amide bonds. The van der Waals surface area contributed by atoms with Gasteiger partial charge in [0, 0.05) is 26.2 Å². The first-order valence-electron chi connectivity index (χ1n) is 3.85. The standard InChI is InChI=1S/C6H14N2O2S.HI/c1-2-11(9,10)8-5-3-7-4-6-8;/h7H,2-6H2,1H3;1H. The predicted octanol–water partition coefficient (Wildman–Crippen LogP) is -0.141. The van der Waals surface area contributed by atoms with E-state index in [9.17, 15) is 8.42 Å². The fourth-order valence-electron chi connectivity index (χ4n) is 1.11. The molecule has 0 unspecified atom stereocenters. The highest BCUT2D eigenvalue weighted by Gasteiger charge is 2.20. The zero-order chi connectivity index (χ0) is 8.32. The summed E-state index contributed by atoms with van der Waals surface area (Å²) in [4.78, 5) is 0. The lowest BCUT2D eigenvalue weighted by Gasteiger charge is -2.25. The van der Waals surface area contributed by atoms with Gasteiger partial charge >= 0.3 is 0 Å². The van der Waals surface area contributed by atoms with Crippen LogP contribution in [0, 0.1) is 0 Å². The molecule has 1 N–H and O–H groups in total. The van der Waals surface area contributed by atoms with Gasteiger partial charge in [-0.25, -0.2) is 8.42 Å². The van der Waals surface area contributed by atoms with Crippen LogP contribution in [0.5, 0.6) is 0 Å². The molecule has 4 nitrogen and oxygen atoms in total. The van der Waals surface area contributed by atoms with Crippen LogP contribution in [0.25, 0.3) is 0 Å². The fraction of sp³-hybridized carbons (Fsp3) is 1.00. The molecule has 0 spiro atoms. The second-order valence-electron chi connectivity index (χ2n) is 2.55. The molecular formula is C6H15IN2O2S. The van der Waals surface area contributed by atoms with Crippen molar-refractivity contribution in [3.63, 3.8) is 0 Å². The van der Waals surface area contributed by atoms with Crippen molar-refractivity contribution in [1.82, 2.24) is 9.62 Å². The Morgan fingerprint density at radius 3 is 2.25 bits per heavy atom. The average molecular weight is 306 g/mol. The molecule has 1 heterocycles. The summed E-state index contributed by atoms with van der Waals surface area (Å²) in [5, 5.41) is 3.10. The molecule has 6 heteroatoms. The van der Waals surface area contributed by atoms with Crippen molar-refractivity contribution in [3.8, 4) is 0 Å². The highest BCUT2D eigenvalue weighted by molar-refractivity contribution is 14.0. The van der Waals surface area contributed by atoms with Crippen LogP contribution >= 0.6 is 24.0 Å². The molecule has 0 aromatic heterocycles. The summed E-state index contributed by atoms with van der Waals surface area (Å²) in [6, 6.07) is 0. The molecule has 1 fully saturated rings. The summed E-state index contributed by atoms with van der Waals surface area (Å²) >= 11 is 0. The van der Waals surface area contributed by atoms with E-state index in [1.54, 1.807) is 11.2 Å². The van der Waals surface area contributed by atoms with Crippen molar-refractivity contribution in [2.45, 2.75) is 6.92 Å². The Bertz CT molecular complexity index is 212. The number of rotatable bonds is 2. The first-order chi connectivity index (χ1) is 5.17. The summed E-state index contributed by atoms with van der Waals surface area (Å²) in [6.45, 7) is 4.47. The van der Waals surface area contributed by atoms with Gasteiger partial charge in [0.2, 0.25) is 10.0 Å². The van der Waals surface area contributed by atoms with E-state index in [1.165, 1.54) is 0 Å². The lowest BCUT2D eigenvalue weighted by Crippen LogP contribution is -2.46. The molecule has 0 saturated carbocycles. The van der Waals surface area contributed by atoms with Crippen LogP contribution in [0.2, 0.25) is 0 Å². The lowest BCUT2D eigenvalue weighted by molar-refractivity contribution is 0.361. The summed E-state index contributed by atoms with van der Waals surface area (Å²) in [6.07, 6.45) is 0. The first kappa shape index (κ1) is 12.6. The Morgan fingerprint density at radius 2 is 1.83 bits per heavy atom. The van der Waals surface area contributed by atoms with E-state index in [-0.39, 0.29) is 29.7 Å². The Kier molecular flexibility index (Phi) is 5.62. The Balaban J connectivity index is 0.00000121. The van der Waals surface area contributed by atoms with Gasteiger partial charge in [0.1, 0.15) is 0 Å². The number of nitrogens with one attached hydrogen (secondary N) is 1. The third kappa shape index (κ3) is 3.15. The number of piperazine rings is 1. The molecule has 1 aliphatic rings. The molecular weight excluding hydrogens is 291 g/mol. The Labute approximate surface area is 90.8 Å². The highest BCUT2D eigenvalue weighted by Crippen LogP contribution is 2.01. The minimum Gasteiger partial charge on any atom is -0.314 e. The molecule has 0 aromatic rings. The van der Waals surface area contributed by atoms with Crippen molar-refractivity contribution in [1.29, 1.82) is 0 Å². The molecule has 12 heavy (non-hydrogen) atoms. The zero-order valence-electron chi connectivity index (χ0n) is 7.12. The van der Waals surface area contributed by atoms with Crippen LogP contribution in [0.4, 0.5) is 0 Å². The van der Waals surface area contributed by atoms with E-state index < -0.39 is 10.0 Å². The quantitative estimate of drug-likeness (QED) is 0.723. The third-order valence-corrected chi connectivity index (χ3v) is 3.72. The van der Waals surface area contributed by atoms with Gasteiger partial charge in [0.05, 0.1) is 5.75 Å². The number of nitrogens with zero attached hydrogens (tertiary/aromatic N) is 1. The largest absolute Gasteiger partial charge is 0.314 e. The van der Waals surface area contributed by atoms with Crippen molar-refractivity contribution in [2.24, 2.45) is 0 Å². The predicted molar refractivity (Wildman–Crippen MR) is 59.3 cm³/mol.